The number of carbonyl (C=O) groups excluding carboxylic acids is 1. The summed E-state index contributed by atoms with van der Waals surface area (Å²) < 4.78 is 5.27. The normalized spacial score (nSPS) is 15.0. The molecule has 1 aromatic carbocycles. The average Bonchev–Trinajstić information content (AvgIpc) is 2.56. The Morgan fingerprint density at radius 1 is 1.30 bits per heavy atom. The fraction of sp³-hybridized carbons (Fsp3) is 0.444. The van der Waals surface area contributed by atoms with Crippen molar-refractivity contribution in [2.24, 2.45) is 0 Å². The van der Waals surface area contributed by atoms with Gasteiger partial charge in [-0.2, -0.15) is 0 Å². The molecule has 2 aromatic rings. The third kappa shape index (κ3) is 3.55. The van der Waals surface area contributed by atoms with Crippen molar-refractivity contribution in [3.8, 4) is 5.75 Å². The standard InChI is InChI=1S/C18H23N3O2/c1-13-11-17(19-8-10-21-9-4-3-5-18(21)22)20-16-12-14(23-2)6-7-15(13)16/h6-7,11-12H,3-5,8-10H2,1-2H3,(H,19,20). The number of aryl methyl sites for hydroxylation is 1. The van der Waals surface area contributed by atoms with Crippen molar-refractivity contribution in [1.29, 1.82) is 0 Å². The van der Waals surface area contributed by atoms with Crippen LogP contribution < -0.4 is 10.1 Å². The van der Waals surface area contributed by atoms with Crippen LogP contribution in [0.1, 0.15) is 24.8 Å². The van der Waals surface area contributed by atoms with Crippen LogP contribution in [0.15, 0.2) is 24.3 Å². The van der Waals surface area contributed by atoms with Crippen molar-refractivity contribution in [1.82, 2.24) is 9.88 Å². The number of methoxy groups -OCH3 is 1. The summed E-state index contributed by atoms with van der Waals surface area (Å²) in [5.41, 5.74) is 2.09. The van der Waals surface area contributed by atoms with Gasteiger partial charge in [-0.15, -0.1) is 0 Å². The maximum atomic E-state index is 11.8. The third-order valence-corrected chi connectivity index (χ3v) is 4.33. The first-order chi connectivity index (χ1) is 11.2. The molecular weight excluding hydrogens is 290 g/mol. The van der Waals surface area contributed by atoms with E-state index < -0.39 is 0 Å². The number of hydrogen-bond acceptors (Lipinski definition) is 4. The molecule has 1 saturated heterocycles. The van der Waals surface area contributed by atoms with Crippen LogP contribution in [-0.2, 0) is 4.79 Å². The number of pyridine rings is 1. The summed E-state index contributed by atoms with van der Waals surface area (Å²) in [4.78, 5) is 18.4. The van der Waals surface area contributed by atoms with E-state index in [1.165, 1.54) is 5.56 Å². The van der Waals surface area contributed by atoms with E-state index in [0.717, 1.165) is 48.4 Å². The number of piperidine rings is 1. The Hall–Kier alpha value is -2.30. The van der Waals surface area contributed by atoms with Gasteiger partial charge in [0, 0.05) is 37.5 Å². The maximum absolute atomic E-state index is 11.8. The van der Waals surface area contributed by atoms with Crippen LogP contribution in [0.4, 0.5) is 5.82 Å². The summed E-state index contributed by atoms with van der Waals surface area (Å²) in [6.07, 6.45) is 2.82. The van der Waals surface area contributed by atoms with Crippen molar-refractivity contribution in [2.45, 2.75) is 26.2 Å². The van der Waals surface area contributed by atoms with Crippen LogP contribution in [0.2, 0.25) is 0 Å². The second-order valence-electron chi connectivity index (χ2n) is 5.97. The SMILES string of the molecule is COc1ccc2c(C)cc(NCCN3CCCCC3=O)nc2c1. The van der Waals surface area contributed by atoms with E-state index >= 15 is 0 Å². The van der Waals surface area contributed by atoms with Crippen LogP contribution in [-0.4, -0.2) is 42.5 Å². The Labute approximate surface area is 136 Å². The molecule has 0 saturated carbocycles. The summed E-state index contributed by atoms with van der Waals surface area (Å²) in [7, 11) is 1.66. The first-order valence-corrected chi connectivity index (χ1v) is 8.14. The van der Waals surface area contributed by atoms with Gasteiger partial charge in [-0.25, -0.2) is 4.98 Å². The molecule has 23 heavy (non-hydrogen) atoms. The number of ether oxygens (including phenoxy) is 1. The summed E-state index contributed by atoms with van der Waals surface area (Å²) in [5.74, 6) is 1.92. The van der Waals surface area contributed by atoms with Gasteiger partial charge in [-0.1, -0.05) is 0 Å². The fourth-order valence-electron chi connectivity index (χ4n) is 3.02. The molecule has 0 aliphatic carbocycles. The van der Waals surface area contributed by atoms with E-state index in [1.807, 2.05) is 29.2 Å². The molecule has 1 aromatic heterocycles. The quantitative estimate of drug-likeness (QED) is 0.922. The number of benzene rings is 1. The number of likely N-dealkylation sites (tertiary alicyclic amines) is 1. The predicted octanol–water partition coefficient (Wildman–Crippen LogP) is 2.98. The highest BCUT2D eigenvalue weighted by atomic mass is 16.5. The van der Waals surface area contributed by atoms with Crippen LogP contribution >= 0.6 is 0 Å². The van der Waals surface area contributed by atoms with Crippen molar-refractivity contribution in [2.75, 3.05) is 32.1 Å². The van der Waals surface area contributed by atoms with E-state index in [-0.39, 0.29) is 5.91 Å². The van der Waals surface area contributed by atoms with E-state index in [9.17, 15) is 4.79 Å². The van der Waals surface area contributed by atoms with Crippen molar-refractivity contribution >= 4 is 22.6 Å². The second-order valence-corrected chi connectivity index (χ2v) is 5.97. The second kappa shape index (κ2) is 6.86. The van der Waals surface area contributed by atoms with Gasteiger partial charge in [-0.3, -0.25) is 4.79 Å². The predicted molar refractivity (Wildman–Crippen MR) is 92.0 cm³/mol. The Kier molecular flexibility index (Phi) is 4.65. The van der Waals surface area contributed by atoms with Crippen LogP contribution in [0, 0.1) is 6.92 Å². The average molecular weight is 313 g/mol. The van der Waals surface area contributed by atoms with Gasteiger partial charge in [0.1, 0.15) is 11.6 Å². The van der Waals surface area contributed by atoms with E-state index in [0.29, 0.717) is 13.0 Å². The zero-order valence-electron chi connectivity index (χ0n) is 13.8. The minimum absolute atomic E-state index is 0.269. The lowest BCUT2D eigenvalue weighted by Crippen LogP contribution is -2.38. The molecule has 0 unspecified atom stereocenters. The van der Waals surface area contributed by atoms with Gasteiger partial charge < -0.3 is 15.0 Å². The van der Waals surface area contributed by atoms with Gasteiger partial charge in [0.2, 0.25) is 5.91 Å². The molecular formula is C18H23N3O2. The minimum Gasteiger partial charge on any atom is -0.497 e. The highest BCUT2D eigenvalue weighted by Gasteiger charge is 2.17. The summed E-state index contributed by atoms with van der Waals surface area (Å²) in [5, 5.41) is 4.46. The number of nitrogens with one attached hydrogen (secondary N) is 1. The largest absolute Gasteiger partial charge is 0.497 e. The van der Waals surface area contributed by atoms with Crippen LogP contribution in [0.3, 0.4) is 0 Å². The number of fused-ring (bicyclic) bond motifs is 1. The van der Waals surface area contributed by atoms with Crippen molar-refractivity contribution in [3.63, 3.8) is 0 Å². The molecule has 0 radical (unpaired) electrons. The first kappa shape index (κ1) is 15.6. The number of rotatable bonds is 5. The molecule has 2 heterocycles. The topological polar surface area (TPSA) is 54.5 Å². The lowest BCUT2D eigenvalue weighted by Gasteiger charge is -2.26. The monoisotopic (exact) mass is 313 g/mol. The summed E-state index contributed by atoms with van der Waals surface area (Å²) in [6.45, 7) is 4.40. The molecule has 5 nitrogen and oxygen atoms in total. The molecule has 1 fully saturated rings. The number of nitrogens with zero attached hydrogens (tertiary/aromatic N) is 2. The molecule has 122 valence electrons. The van der Waals surface area contributed by atoms with Crippen LogP contribution in [0.25, 0.3) is 10.9 Å². The number of anilines is 1. The van der Waals surface area contributed by atoms with E-state index in [2.05, 4.69) is 17.2 Å². The van der Waals surface area contributed by atoms with E-state index in [1.54, 1.807) is 7.11 Å². The smallest absolute Gasteiger partial charge is 0.222 e. The van der Waals surface area contributed by atoms with Gasteiger partial charge in [0.15, 0.2) is 0 Å². The molecule has 1 aliphatic heterocycles. The number of amides is 1. The highest BCUT2D eigenvalue weighted by Crippen LogP contribution is 2.24. The first-order valence-electron chi connectivity index (χ1n) is 8.14. The van der Waals surface area contributed by atoms with Crippen molar-refractivity contribution in [3.05, 3.63) is 29.8 Å². The van der Waals surface area contributed by atoms with Gasteiger partial charge >= 0.3 is 0 Å². The molecule has 3 rings (SSSR count). The van der Waals surface area contributed by atoms with E-state index in [4.69, 9.17) is 4.74 Å². The molecule has 0 bridgehead atoms. The highest BCUT2D eigenvalue weighted by molar-refractivity contribution is 5.85. The van der Waals surface area contributed by atoms with Gasteiger partial charge in [-0.05, 0) is 43.5 Å². The van der Waals surface area contributed by atoms with Gasteiger partial charge in [0.05, 0.1) is 12.6 Å². The Morgan fingerprint density at radius 3 is 2.96 bits per heavy atom. The fourth-order valence-corrected chi connectivity index (χ4v) is 3.02. The Morgan fingerprint density at radius 2 is 2.17 bits per heavy atom. The minimum atomic E-state index is 0.269. The number of aromatic nitrogens is 1. The summed E-state index contributed by atoms with van der Waals surface area (Å²) in [6, 6.07) is 7.98. The maximum Gasteiger partial charge on any atom is 0.222 e. The van der Waals surface area contributed by atoms with Gasteiger partial charge in [0.25, 0.3) is 0 Å². The number of hydrogen-bond donors (Lipinski definition) is 1. The zero-order valence-corrected chi connectivity index (χ0v) is 13.8. The van der Waals surface area contributed by atoms with Crippen LogP contribution in [0.5, 0.6) is 5.75 Å². The third-order valence-electron chi connectivity index (χ3n) is 4.33. The molecule has 1 amide bonds. The van der Waals surface area contributed by atoms with Crippen molar-refractivity contribution < 1.29 is 9.53 Å². The molecule has 0 spiro atoms. The number of carbonyl (C=O) groups is 1. The summed E-state index contributed by atoms with van der Waals surface area (Å²) >= 11 is 0. The molecule has 1 N–H and O–H groups in total. The zero-order chi connectivity index (χ0) is 16.2. The Balaban J connectivity index is 1.68. The molecule has 5 heteroatoms. The molecule has 1 aliphatic rings. The molecule has 0 atom stereocenters. The lowest BCUT2D eigenvalue weighted by atomic mass is 10.1. The Bertz CT molecular complexity index is 715. The lowest BCUT2D eigenvalue weighted by molar-refractivity contribution is -0.133.